The Kier molecular flexibility index (Phi) is 7.21. The molecule has 1 amide bonds. The molecule has 0 atom stereocenters. The molecule has 1 aliphatic heterocycles. The molecule has 0 unspecified atom stereocenters. The van der Waals surface area contributed by atoms with Gasteiger partial charge in [0, 0.05) is 26.2 Å². The number of piperazine rings is 1. The topological polar surface area (TPSA) is 76.2 Å². The summed E-state index contributed by atoms with van der Waals surface area (Å²) >= 11 is 5.57. The first-order valence-corrected chi connectivity index (χ1v) is 11.3. The van der Waals surface area contributed by atoms with Crippen LogP contribution in [0.25, 0.3) is 0 Å². The number of ether oxygens (including phenoxy) is 2. The highest BCUT2D eigenvalue weighted by Crippen LogP contribution is 2.36. The average Bonchev–Trinajstić information content (AvgIpc) is 2.77. The number of hydrogen-bond acceptors (Lipinski definition) is 5. The minimum atomic E-state index is -4.78. The second kappa shape index (κ2) is 9.55. The van der Waals surface area contributed by atoms with Gasteiger partial charge >= 0.3 is 6.18 Å². The van der Waals surface area contributed by atoms with Crippen molar-refractivity contribution in [3.05, 3.63) is 53.1 Å². The minimum absolute atomic E-state index is 0.0550. The number of nitrogens with zero attached hydrogens (tertiary/aromatic N) is 2. The molecule has 1 fully saturated rings. The average molecular weight is 493 g/mol. The van der Waals surface area contributed by atoms with Crippen LogP contribution >= 0.6 is 11.6 Å². The number of alkyl halides is 3. The van der Waals surface area contributed by atoms with Crippen LogP contribution in [0, 0.1) is 0 Å². The van der Waals surface area contributed by atoms with Crippen molar-refractivity contribution in [2.75, 3.05) is 39.9 Å². The molecule has 7 nitrogen and oxygen atoms in total. The lowest BCUT2D eigenvalue weighted by Gasteiger charge is -2.34. The van der Waals surface area contributed by atoms with Crippen LogP contribution < -0.4 is 9.47 Å². The quantitative estimate of drug-likeness (QED) is 0.618. The van der Waals surface area contributed by atoms with E-state index in [4.69, 9.17) is 21.1 Å². The lowest BCUT2D eigenvalue weighted by molar-refractivity contribution is -0.137. The predicted octanol–water partition coefficient (Wildman–Crippen LogP) is 3.28. The minimum Gasteiger partial charge on any atom is -0.497 e. The molecule has 0 aromatic heterocycles. The molecule has 3 rings (SSSR count). The van der Waals surface area contributed by atoms with Crippen molar-refractivity contribution in [3.63, 3.8) is 0 Å². The monoisotopic (exact) mass is 492 g/mol. The molecule has 174 valence electrons. The van der Waals surface area contributed by atoms with Crippen molar-refractivity contribution in [1.29, 1.82) is 0 Å². The van der Waals surface area contributed by atoms with Crippen molar-refractivity contribution in [2.45, 2.75) is 11.1 Å². The Balaban J connectivity index is 1.60. The van der Waals surface area contributed by atoms with E-state index in [1.807, 2.05) is 0 Å². The van der Waals surface area contributed by atoms with Gasteiger partial charge in [-0.2, -0.15) is 17.5 Å². The van der Waals surface area contributed by atoms with E-state index in [2.05, 4.69) is 0 Å². The Morgan fingerprint density at radius 2 is 1.62 bits per heavy atom. The SMILES string of the molecule is COc1ccc(OCC(=O)N2CCN(S(=O)(=O)c3ccc(Cl)c(C(F)(F)F)c3)CC2)cc1. The van der Waals surface area contributed by atoms with Crippen molar-refractivity contribution >= 4 is 27.5 Å². The van der Waals surface area contributed by atoms with Gasteiger partial charge in [0.2, 0.25) is 10.0 Å². The maximum Gasteiger partial charge on any atom is 0.417 e. The summed E-state index contributed by atoms with van der Waals surface area (Å²) in [6, 6.07) is 9.14. The van der Waals surface area contributed by atoms with Crippen LogP contribution in [0.3, 0.4) is 0 Å². The van der Waals surface area contributed by atoms with E-state index in [-0.39, 0.29) is 38.7 Å². The van der Waals surface area contributed by atoms with Gasteiger partial charge in [0.05, 0.1) is 22.6 Å². The maximum absolute atomic E-state index is 13.1. The molecule has 1 aliphatic rings. The van der Waals surface area contributed by atoms with Gasteiger partial charge in [0.25, 0.3) is 5.91 Å². The number of carbonyl (C=O) groups is 1. The summed E-state index contributed by atoms with van der Waals surface area (Å²) in [5.41, 5.74) is -1.22. The Bertz CT molecular complexity index is 1070. The summed E-state index contributed by atoms with van der Waals surface area (Å²) in [5.74, 6) is 0.788. The largest absolute Gasteiger partial charge is 0.497 e. The second-order valence-corrected chi connectivity index (χ2v) is 9.23. The Morgan fingerprint density at radius 1 is 1.03 bits per heavy atom. The van der Waals surface area contributed by atoms with E-state index in [0.29, 0.717) is 17.6 Å². The van der Waals surface area contributed by atoms with Gasteiger partial charge in [-0.1, -0.05) is 11.6 Å². The third kappa shape index (κ3) is 5.45. The van der Waals surface area contributed by atoms with Gasteiger partial charge in [0.15, 0.2) is 6.61 Å². The molecule has 12 heteroatoms. The van der Waals surface area contributed by atoms with Gasteiger partial charge in [-0.25, -0.2) is 8.42 Å². The maximum atomic E-state index is 13.1. The third-order valence-electron chi connectivity index (χ3n) is 4.89. The molecule has 32 heavy (non-hydrogen) atoms. The van der Waals surface area contributed by atoms with Gasteiger partial charge in [-0.05, 0) is 42.5 Å². The summed E-state index contributed by atoms with van der Waals surface area (Å²) in [7, 11) is -2.65. The van der Waals surface area contributed by atoms with Crippen LogP contribution in [0.1, 0.15) is 5.56 Å². The summed E-state index contributed by atoms with van der Waals surface area (Å²) in [6.07, 6.45) is -4.78. The van der Waals surface area contributed by atoms with Crippen LogP contribution in [0.5, 0.6) is 11.5 Å². The normalized spacial score (nSPS) is 15.5. The van der Waals surface area contributed by atoms with Crippen molar-refractivity contribution in [1.82, 2.24) is 9.21 Å². The third-order valence-corrected chi connectivity index (χ3v) is 7.12. The lowest BCUT2D eigenvalue weighted by Crippen LogP contribution is -2.51. The summed E-state index contributed by atoms with van der Waals surface area (Å²) < 4.78 is 76.4. The summed E-state index contributed by atoms with van der Waals surface area (Å²) in [4.78, 5) is 13.3. The van der Waals surface area contributed by atoms with E-state index in [0.717, 1.165) is 16.4 Å². The van der Waals surface area contributed by atoms with E-state index in [1.165, 1.54) is 12.0 Å². The molecular formula is C20H20ClF3N2O5S. The van der Waals surface area contributed by atoms with E-state index in [9.17, 15) is 26.4 Å². The molecule has 0 radical (unpaired) electrons. The number of amides is 1. The van der Waals surface area contributed by atoms with Crippen LogP contribution in [0.4, 0.5) is 13.2 Å². The van der Waals surface area contributed by atoms with Crippen molar-refractivity contribution in [3.8, 4) is 11.5 Å². The molecular weight excluding hydrogens is 473 g/mol. The van der Waals surface area contributed by atoms with Gasteiger partial charge in [-0.15, -0.1) is 0 Å². The highest BCUT2D eigenvalue weighted by atomic mass is 35.5. The Morgan fingerprint density at radius 3 is 2.19 bits per heavy atom. The zero-order chi connectivity index (χ0) is 23.5. The predicted molar refractivity (Wildman–Crippen MR) is 110 cm³/mol. The molecule has 1 heterocycles. The number of carbonyl (C=O) groups excluding carboxylic acids is 1. The van der Waals surface area contributed by atoms with Gasteiger partial charge < -0.3 is 14.4 Å². The van der Waals surface area contributed by atoms with Gasteiger partial charge in [0.1, 0.15) is 11.5 Å². The first-order valence-electron chi connectivity index (χ1n) is 9.44. The molecule has 2 aromatic carbocycles. The zero-order valence-corrected chi connectivity index (χ0v) is 18.5. The molecule has 2 aromatic rings. The summed E-state index contributed by atoms with van der Waals surface area (Å²) in [6.45, 7) is -0.167. The van der Waals surface area contributed by atoms with Crippen LogP contribution in [0.15, 0.2) is 47.4 Å². The van der Waals surface area contributed by atoms with Crippen molar-refractivity contribution < 1.29 is 35.9 Å². The highest BCUT2D eigenvalue weighted by molar-refractivity contribution is 7.89. The Hall–Kier alpha value is -2.50. The number of sulfonamides is 1. The second-order valence-electron chi connectivity index (χ2n) is 6.89. The first-order chi connectivity index (χ1) is 15.0. The number of benzene rings is 2. The fourth-order valence-electron chi connectivity index (χ4n) is 3.12. The molecule has 1 saturated heterocycles. The fraction of sp³-hybridized carbons (Fsp3) is 0.350. The molecule has 0 saturated carbocycles. The number of halogens is 4. The van der Waals surface area contributed by atoms with Crippen LogP contribution in [0.2, 0.25) is 5.02 Å². The number of rotatable bonds is 6. The highest BCUT2D eigenvalue weighted by Gasteiger charge is 2.36. The van der Waals surface area contributed by atoms with Gasteiger partial charge in [-0.3, -0.25) is 4.79 Å². The number of methoxy groups -OCH3 is 1. The van der Waals surface area contributed by atoms with E-state index in [1.54, 1.807) is 24.3 Å². The smallest absolute Gasteiger partial charge is 0.417 e. The molecule has 0 aliphatic carbocycles. The summed E-state index contributed by atoms with van der Waals surface area (Å²) in [5, 5.41) is -0.580. The fourth-order valence-corrected chi connectivity index (χ4v) is 4.79. The molecule has 0 bridgehead atoms. The van der Waals surface area contributed by atoms with Crippen LogP contribution in [-0.4, -0.2) is 63.4 Å². The Labute approximate surface area is 188 Å². The molecule has 0 spiro atoms. The molecule has 0 N–H and O–H groups in total. The lowest BCUT2D eigenvalue weighted by atomic mass is 10.2. The first kappa shape index (κ1) is 24.1. The van der Waals surface area contributed by atoms with E-state index >= 15 is 0 Å². The number of hydrogen-bond donors (Lipinski definition) is 0. The van der Waals surface area contributed by atoms with Crippen LogP contribution in [-0.2, 0) is 21.0 Å². The van der Waals surface area contributed by atoms with Crippen molar-refractivity contribution in [2.24, 2.45) is 0 Å². The van der Waals surface area contributed by atoms with E-state index < -0.39 is 31.7 Å². The zero-order valence-electron chi connectivity index (χ0n) is 16.9. The standard InChI is InChI=1S/C20H20ClF3N2O5S/c1-30-14-2-4-15(5-3-14)31-13-19(27)25-8-10-26(11-9-25)32(28,29)16-6-7-18(21)17(12-16)20(22,23)24/h2-7,12H,8-11,13H2,1H3.